The molecule has 0 saturated carbocycles. The molecule has 112 valence electrons. The van der Waals surface area contributed by atoms with Crippen molar-refractivity contribution < 1.29 is 4.39 Å². The number of hydrogen-bond donors (Lipinski definition) is 1. The minimum atomic E-state index is -0.182. The van der Waals surface area contributed by atoms with Crippen LogP contribution in [-0.4, -0.2) is 18.5 Å². The second kappa shape index (κ2) is 7.23. The smallest absolute Gasteiger partial charge is 0.123 e. The third-order valence-corrected chi connectivity index (χ3v) is 3.82. The lowest BCUT2D eigenvalue weighted by Gasteiger charge is -2.20. The van der Waals surface area contributed by atoms with Crippen molar-refractivity contribution in [2.24, 2.45) is 0 Å². The first kappa shape index (κ1) is 15.5. The molecular formula is C18H23FN2. The molecule has 2 rings (SSSR count). The molecular weight excluding hydrogens is 263 g/mol. The Morgan fingerprint density at radius 1 is 1.05 bits per heavy atom. The lowest BCUT2D eigenvalue weighted by molar-refractivity contribution is 0.313. The van der Waals surface area contributed by atoms with Gasteiger partial charge in [-0.2, -0.15) is 0 Å². The minimum Gasteiger partial charge on any atom is -0.399 e. The Morgan fingerprint density at radius 2 is 1.67 bits per heavy atom. The molecule has 0 heterocycles. The molecule has 0 aliphatic carbocycles. The normalized spacial score (nSPS) is 12.6. The molecule has 0 aromatic heterocycles. The fourth-order valence-electron chi connectivity index (χ4n) is 2.39. The zero-order valence-corrected chi connectivity index (χ0v) is 12.7. The van der Waals surface area contributed by atoms with Gasteiger partial charge >= 0.3 is 0 Å². The summed E-state index contributed by atoms with van der Waals surface area (Å²) in [5.74, 6) is 0.319. The van der Waals surface area contributed by atoms with Gasteiger partial charge in [0.15, 0.2) is 0 Å². The predicted octanol–water partition coefficient (Wildman–Crippen LogP) is 4.03. The van der Waals surface area contributed by atoms with Crippen molar-refractivity contribution in [3.05, 3.63) is 65.5 Å². The molecule has 21 heavy (non-hydrogen) atoms. The molecule has 2 aromatic carbocycles. The van der Waals surface area contributed by atoms with E-state index in [4.69, 9.17) is 5.73 Å². The van der Waals surface area contributed by atoms with Gasteiger partial charge in [-0.3, -0.25) is 0 Å². The summed E-state index contributed by atoms with van der Waals surface area (Å²) in [7, 11) is 2.10. The minimum absolute atomic E-state index is 0.182. The molecule has 2 nitrogen and oxygen atoms in total. The molecule has 0 amide bonds. The predicted molar refractivity (Wildman–Crippen MR) is 86.6 cm³/mol. The van der Waals surface area contributed by atoms with Gasteiger partial charge in [0.2, 0.25) is 0 Å². The number of rotatable bonds is 6. The Bertz CT molecular complexity index is 548. The number of nitrogens with two attached hydrogens (primary N) is 1. The average molecular weight is 286 g/mol. The number of halogens is 1. The standard InChI is InChI=1S/C18H23FN2/c1-14(16-5-9-18(20)10-6-16)11-12-21(2)13-15-3-7-17(19)8-4-15/h3-10,14H,11-13,20H2,1-2H3. The van der Waals surface area contributed by atoms with E-state index in [1.54, 1.807) is 0 Å². The first-order valence-corrected chi connectivity index (χ1v) is 7.33. The van der Waals surface area contributed by atoms with Crippen LogP contribution in [0.2, 0.25) is 0 Å². The average Bonchev–Trinajstić information content (AvgIpc) is 2.48. The summed E-state index contributed by atoms with van der Waals surface area (Å²) in [6, 6.07) is 14.8. The van der Waals surface area contributed by atoms with Gasteiger partial charge in [0, 0.05) is 12.2 Å². The zero-order valence-electron chi connectivity index (χ0n) is 12.7. The van der Waals surface area contributed by atoms with Crippen LogP contribution in [0.25, 0.3) is 0 Å². The first-order valence-electron chi connectivity index (χ1n) is 7.33. The van der Waals surface area contributed by atoms with Crippen LogP contribution in [0, 0.1) is 5.82 Å². The maximum Gasteiger partial charge on any atom is 0.123 e. The van der Waals surface area contributed by atoms with Crippen molar-refractivity contribution >= 4 is 5.69 Å². The SMILES string of the molecule is CC(CCN(C)Cc1ccc(F)cc1)c1ccc(N)cc1. The zero-order chi connectivity index (χ0) is 15.2. The van der Waals surface area contributed by atoms with E-state index in [0.717, 1.165) is 30.8 Å². The number of benzene rings is 2. The van der Waals surface area contributed by atoms with E-state index in [9.17, 15) is 4.39 Å². The van der Waals surface area contributed by atoms with Crippen LogP contribution < -0.4 is 5.73 Å². The van der Waals surface area contributed by atoms with E-state index in [-0.39, 0.29) is 5.82 Å². The van der Waals surface area contributed by atoms with Crippen molar-refractivity contribution in [1.82, 2.24) is 4.90 Å². The highest BCUT2D eigenvalue weighted by Crippen LogP contribution is 2.20. The molecule has 0 radical (unpaired) electrons. The van der Waals surface area contributed by atoms with Crippen LogP contribution in [0.4, 0.5) is 10.1 Å². The highest BCUT2D eigenvalue weighted by atomic mass is 19.1. The number of anilines is 1. The Labute approximate surface area is 126 Å². The topological polar surface area (TPSA) is 29.3 Å². The van der Waals surface area contributed by atoms with Crippen molar-refractivity contribution in [3.8, 4) is 0 Å². The van der Waals surface area contributed by atoms with Crippen LogP contribution in [-0.2, 0) is 6.54 Å². The summed E-state index contributed by atoms with van der Waals surface area (Å²) in [5.41, 5.74) is 8.97. The maximum absolute atomic E-state index is 12.9. The summed E-state index contributed by atoms with van der Waals surface area (Å²) in [5, 5.41) is 0. The molecule has 1 atom stereocenters. The van der Waals surface area contributed by atoms with Crippen LogP contribution in [0.15, 0.2) is 48.5 Å². The van der Waals surface area contributed by atoms with Crippen molar-refractivity contribution in [2.45, 2.75) is 25.8 Å². The summed E-state index contributed by atoms with van der Waals surface area (Å²) in [6.45, 7) is 4.08. The molecule has 0 aliphatic heterocycles. The van der Waals surface area contributed by atoms with E-state index < -0.39 is 0 Å². The van der Waals surface area contributed by atoms with Gasteiger partial charge < -0.3 is 10.6 Å². The van der Waals surface area contributed by atoms with Crippen LogP contribution in [0.3, 0.4) is 0 Å². The molecule has 0 saturated heterocycles. The van der Waals surface area contributed by atoms with Gasteiger partial charge in [-0.15, -0.1) is 0 Å². The lowest BCUT2D eigenvalue weighted by atomic mass is 9.97. The molecule has 0 fully saturated rings. The molecule has 3 heteroatoms. The van der Waals surface area contributed by atoms with Gasteiger partial charge in [0.05, 0.1) is 0 Å². The summed E-state index contributed by atoms with van der Waals surface area (Å²) >= 11 is 0. The Hall–Kier alpha value is -1.87. The van der Waals surface area contributed by atoms with Crippen LogP contribution >= 0.6 is 0 Å². The largest absolute Gasteiger partial charge is 0.399 e. The van der Waals surface area contributed by atoms with Gasteiger partial charge in [-0.1, -0.05) is 31.2 Å². The summed E-state index contributed by atoms with van der Waals surface area (Å²) < 4.78 is 12.9. The molecule has 1 unspecified atom stereocenters. The monoisotopic (exact) mass is 286 g/mol. The Balaban J connectivity index is 1.81. The van der Waals surface area contributed by atoms with E-state index in [2.05, 4.69) is 31.0 Å². The first-order chi connectivity index (χ1) is 10.0. The molecule has 0 aliphatic rings. The van der Waals surface area contributed by atoms with E-state index in [0.29, 0.717) is 5.92 Å². The van der Waals surface area contributed by atoms with Crippen molar-refractivity contribution in [3.63, 3.8) is 0 Å². The van der Waals surface area contributed by atoms with Crippen molar-refractivity contribution in [2.75, 3.05) is 19.3 Å². The third kappa shape index (κ3) is 4.87. The van der Waals surface area contributed by atoms with E-state index in [1.807, 2.05) is 24.3 Å². The quantitative estimate of drug-likeness (QED) is 0.812. The number of nitrogen functional groups attached to an aromatic ring is 1. The Kier molecular flexibility index (Phi) is 5.34. The molecule has 0 spiro atoms. The number of hydrogen-bond acceptors (Lipinski definition) is 2. The number of nitrogens with zero attached hydrogens (tertiary/aromatic N) is 1. The molecule has 2 aromatic rings. The Morgan fingerprint density at radius 3 is 2.29 bits per heavy atom. The lowest BCUT2D eigenvalue weighted by Crippen LogP contribution is -2.20. The van der Waals surface area contributed by atoms with E-state index in [1.165, 1.54) is 17.7 Å². The van der Waals surface area contributed by atoms with E-state index >= 15 is 0 Å². The third-order valence-electron chi connectivity index (χ3n) is 3.82. The van der Waals surface area contributed by atoms with Gasteiger partial charge in [-0.05, 0) is 61.3 Å². The fraction of sp³-hybridized carbons (Fsp3) is 0.333. The van der Waals surface area contributed by atoms with Crippen LogP contribution in [0.1, 0.15) is 30.4 Å². The molecule has 2 N–H and O–H groups in total. The van der Waals surface area contributed by atoms with Gasteiger partial charge in [0.1, 0.15) is 5.82 Å². The summed E-state index contributed by atoms with van der Waals surface area (Å²) in [6.07, 6.45) is 1.08. The highest BCUT2D eigenvalue weighted by molar-refractivity contribution is 5.40. The summed E-state index contributed by atoms with van der Waals surface area (Å²) in [4.78, 5) is 2.26. The maximum atomic E-state index is 12.9. The van der Waals surface area contributed by atoms with Gasteiger partial charge in [0.25, 0.3) is 0 Å². The fourth-order valence-corrected chi connectivity index (χ4v) is 2.39. The second-order valence-electron chi connectivity index (χ2n) is 5.72. The van der Waals surface area contributed by atoms with Gasteiger partial charge in [-0.25, -0.2) is 4.39 Å². The highest BCUT2D eigenvalue weighted by Gasteiger charge is 2.07. The molecule has 0 bridgehead atoms. The van der Waals surface area contributed by atoms with Crippen LogP contribution in [0.5, 0.6) is 0 Å². The van der Waals surface area contributed by atoms with Crippen molar-refractivity contribution in [1.29, 1.82) is 0 Å². The second-order valence-corrected chi connectivity index (χ2v) is 5.72.